The van der Waals surface area contributed by atoms with E-state index in [2.05, 4.69) is 25.6 Å². The summed E-state index contributed by atoms with van der Waals surface area (Å²) in [5.74, 6) is 1.61. The van der Waals surface area contributed by atoms with Crippen molar-refractivity contribution in [1.29, 1.82) is 0 Å². The molecule has 1 aliphatic heterocycles. The molecule has 8 nitrogen and oxygen atoms in total. The number of aromatic nitrogens is 3. The van der Waals surface area contributed by atoms with Gasteiger partial charge in [0.05, 0.1) is 12.4 Å². The third-order valence-corrected chi connectivity index (χ3v) is 3.71. The highest BCUT2D eigenvalue weighted by Crippen LogP contribution is 2.34. The van der Waals surface area contributed by atoms with E-state index in [0.29, 0.717) is 23.9 Å². The van der Waals surface area contributed by atoms with E-state index in [1.165, 1.54) is 12.4 Å². The first-order valence-corrected chi connectivity index (χ1v) is 7.94. The molecule has 0 fully saturated rings. The number of hydrogen-bond donors (Lipinski definition) is 2. The molecule has 0 atom stereocenters. The predicted molar refractivity (Wildman–Crippen MR) is 93.3 cm³/mol. The van der Waals surface area contributed by atoms with Crippen molar-refractivity contribution in [2.45, 2.75) is 6.54 Å². The van der Waals surface area contributed by atoms with E-state index in [1.54, 1.807) is 12.4 Å². The van der Waals surface area contributed by atoms with Gasteiger partial charge in [0.25, 0.3) is 5.91 Å². The summed E-state index contributed by atoms with van der Waals surface area (Å²) in [5.41, 5.74) is 1.94. The number of amides is 1. The molecule has 3 aromatic rings. The first-order chi connectivity index (χ1) is 12.8. The Morgan fingerprint density at radius 3 is 2.81 bits per heavy atom. The summed E-state index contributed by atoms with van der Waals surface area (Å²) in [7, 11) is 0. The summed E-state index contributed by atoms with van der Waals surface area (Å²) in [6.07, 6.45) is 6.31. The van der Waals surface area contributed by atoms with Gasteiger partial charge in [-0.3, -0.25) is 9.78 Å². The largest absolute Gasteiger partial charge is 0.454 e. The molecule has 1 aliphatic rings. The number of anilines is 2. The molecule has 0 aliphatic carbocycles. The average molecular weight is 349 g/mol. The van der Waals surface area contributed by atoms with E-state index in [9.17, 15) is 4.79 Å². The Morgan fingerprint density at radius 2 is 2.00 bits per heavy atom. The summed E-state index contributed by atoms with van der Waals surface area (Å²) in [6, 6.07) is 9.19. The second kappa shape index (κ2) is 7.06. The van der Waals surface area contributed by atoms with Crippen LogP contribution in [0.25, 0.3) is 0 Å². The number of fused-ring (bicyclic) bond motifs is 1. The quantitative estimate of drug-likeness (QED) is 0.729. The first kappa shape index (κ1) is 15.8. The van der Waals surface area contributed by atoms with Crippen molar-refractivity contribution >= 4 is 17.4 Å². The van der Waals surface area contributed by atoms with E-state index in [4.69, 9.17) is 9.47 Å². The van der Waals surface area contributed by atoms with Gasteiger partial charge in [0.1, 0.15) is 11.5 Å². The van der Waals surface area contributed by atoms with Crippen LogP contribution in [0, 0.1) is 0 Å². The van der Waals surface area contributed by atoms with Crippen molar-refractivity contribution in [3.05, 3.63) is 66.4 Å². The number of carbonyl (C=O) groups is 1. The Morgan fingerprint density at radius 1 is 1.08 bits per heavy atom. The van der Waals surface area contributed by atoms with Gasteiger partial charge in [0, 0.05) is 30.7 Å². The smallest absolute Gasteiger partial charge is 0.271 e. The van der Waals surface area contributed by atoms with Crippen LogP contribution in [0.2, 0.25) is 0 Å². The summed E-state index contributed by atoms with van der Waals surface area (Å²) < 4.78 is 10.6. The number of nitrogens with zero attached hydrogens (tertiary/aromatic N) is 3. The lowest BCUT2D eigenvalue weighted by molar-refractivity contribution is 0.0945. The van der Waals surface area contributed by atoms with Gasteiger partial charge in [-0.25, -0.2) is 9.97 Å². The summed E-state index contributed by atoms with van der Waals surface area (Å²) >= 11 is 0. The number of rotatable bonds is 5. The molecule has 8 heteroatoms. The Hall–Kier alpha value is -3.68. The fourth-order valence-corrected chi connectivity index (χ4v) is 2.41. The molecule has 0 saturated carbocycles. The highest BCUT2D eigenvalue weighted by atomic mass is 16.7. The standard InChI is InChI=1S/C18H15N5O3/c24-18(22-8-12-2-1-5-19-7-12)14-9-21-17(10-20-14)23-13-3-4-15-16(6-13)26-11-25-15/h1-7,9-10H,8,11H2,(H,21,23)(H,22,24). The molecule has 0 radical (unpaired) electrons. The minimum Gasteiger partial charge on any atom is -0.454 e. The fraction of sp³-hybridized carbons (Fsp3) is 0.111. The average Bonchev–Trinajstić information content (AvgIpc) is 3.15. The number of hydrogen-bond acceptors (Lipinski definition) is 7. The van der Waals surface area contributed by atoms with Crippen molar-refractivity contribution < 1.29 is 14.3 Å². The van der Waals surface area contributed by atoms with E-state index < -0.39 is 0 Å². The van der Waals surface area contributed by atoms with E-state index >= 15 is 0 Å². The van der Waals surface area contributed by atoms with Gasteiger partial charge in [0.15, 0.2) is 11.5 Å². The highest BCUT2D eigenvalue weighted by Gasteiger charge is 2.13. The van der Waals surface area contributed by atoms with Gasteiger partial charge in [0.2, 0.25) is 6.79 Å². The molecule has 0 saturated heterocycles. The van der Waals surface area contributed by atoms with Crippen LogP contribution in [0.4, 0.5) is 11.5 Å². The third kappa shape index (κ3) is 3.54. The molecule has 0 unspecified atom stereocenters. The zero-order chi connectivity index (χ0) is 17.8. The first-order valence-electron chi connectivity index (χ1n) is 7.94. The second-order valence-electron chi connectivity index (χ2n) is 5.52. The van der Waals surface area contributed by atoms with Gasteiger partial charge in [-0.1, -0.05) is 6.07 Å². The number of pyridine rings is 1. The SMILES string of the molecule is O=C(NCc1cccnc1)c1cnc(Nc2ccc3c(c2)OCO3)cn1. The zero-order valence-corrected chi connectivity index (χ0v) is 13.7. The topological polar surface area (TPSA) is 98.3 Å². The molecule has 1 aromatic carbocycles. The van der Waals surface area contributed by atoms with Crippen LogP contribution in [0.5, 0.6) is 11.5 Å². The lowest BCUT2D eigenvalue weighted by Gasteiger charge is -2.07. The fourth-order valence-electron chi connectivity index (χ4n) is 2.41. The van der Waals surface area contributed by atoms with Crippen LogP contribution in [-0.2, 0) is 6.54 Å². The molecule has 0 spiro atoms. The molecule has 0 bridgehead atoms. The van der Waals surface area contributed by atoms with Crippen molar-refractivity contribution in [1.82, 2.24) is 20.3 Å². The molecular weight excluding hydrogens is 334 g/mol. The summed E-state index contributed by atoms with van der Waals surface area (Å²) in [5, 5.41) is 5.89. The minimum absolute atomic E-state index is 0.224. The van der Waals surface area contributed by atoms with E-state index in [1.807, 2.05) is 30.3 Å². The van der Waals surface area contributed by atoms with Gasteiger partial charge in [-0.15, -0.1) is 0 Å². The van der Waals surface area contributed by atoms with E-state index in [0.717, 1.165) is 11.3 Å². The number of ether oxygens (including phenoxy) is 2. The van der Waals surface area contributed by atoms with Crippen molar-refractivity contribution in [2.24, 2.45) is 0 Å². The lowest BCUT2D eigenvalue weighted by Crippen LogP contribution is -2.24. The molecular formula is C18H15N5O3. The summed E-state index contributed by atoms with van der Waals surface area (Å²) in [4.78, 5) is 24.5. The van der Waals surface area contributed by atoms with Gasteiger partial charge >= 0.3 is 0 Å². The monoisotopic (exact) mass is 349 g/mol. The van der Waals surface area contributed by atoms with Crippen LogP contribution < -0.4 is 20.1 Å². The lowest BCUT2D eigenvalue weighted by atomic mass is 10.3. The van der Waals surface area contributed by atoms with Crippen LogP contribution in [0.3, 0.4) is 0 Å². The van der Waals surface area contributed by atoms with Gasteiger partial charge in [-0.05, 0) is 23.8 Å². The highest BCUT2D eigenvalue weighted by molar-refractivity contribution is 5.92. The Labute approximate surface area is 149 Å². The normalized spacial score (nSPS) is 11.8. The van der Waals surface area contributed by atoms with Crippen LogP contribution in [0.15, 0.2) is 55.1 Å². The second-order valence-corrected chi connectivity index (χ2v) is 5.52. The number of nitrogens with one attached hydrogen (secondary N) is 2. The van der Waals surface area contributed by atoms with Crippen LogP contribution >= 0.6 is 0 Å². The van der Waals surface area contributed by atoms with Crippen molar-refractivity contribution in [3.8, 4) is 11.5 Å². The Bertz CT molecular complexity index is 916. The maximum absolute atomic E-state index is 12.1. The van der Waals surface area contributed by atoms with Gasteiger partial charge < -0.3 is 20.1 Å². The van der Waals surface area contributed by atoms with Crippen molar-refractivity contribution in [2.75, 3.05) is 12.1 Å². The van der Waals surface area contributed by atoms with Gasteiger partial charge in [-0.2, -0.15) is 0 Å². The molecule has 4 rings (SSSR count). The van der Waals surface area contributed by atoms with Crippen molar-refractivity contribution in [3.63, 3.8) is 0 Å². The van der Waals surface area contributed by atoms with Crippen LogP contribution in [-0.4, -0.2) is 27.7 Å². The maximum Gasteiger partial charge on any atom is 0.271 e. The molecule has 2 N–H and O–H groups in total. The number of benzene rings is 1. The number of carbonyl (C=O) groups excluding carboxylic acids is 1. The van der Waals surface area contributed by atoms with Crippen LogP contribution in [0.1, 0.15) is 16.1 Å². The molecule has 130 valence electrons. The third-order valence-electron chi connectivity index (χ3n) is 3.71. The minimum atomic E-state index is -0.295. The Kier molecular flexibility index (Phi) is 4.29. The summed E-state index contributed by atoms with van der Waals surface area (Å²) in [6.45, 7) is 0.604. The Balaban J connectivity index is 1.38. The molecule has 1 amide bonds. The zero-order valence-electron chi connectivity index (χ0n) is 13.7. The molecule has 2 aromatic heterocycles. The van der Waals surface area contributed by atoms with E-state index in [-0.39, 0.29) is 18.4 Å². The predicted octanol–water partition coefficient (Wildman–Crippen LogP) is 2.27. The molecule has 3 heterocycles. The maximum atomic E-state index is 12.1. The molecule has 26 heavy (non-hydrogen) atoms.